The standard InChI is InChI=1S/C28H35ClN6O5/c1-33-11-13-34(14-12-33)10-5-15-40-24-18-22(17-23(38-2)26(24)39-3)31-27-30-9-8-25(32-27)35(28(36)37)19-20-6-4-7-21(29)16-20/h4,6-9,16-18H,5,10-15,19H2,1-3H3,(H,36,37)(H,30,31,32). The third-order valence-electron chi connectivity index (χ3n) is 6.55. The van der Waals surface area contributed by atoms with Crippen LogP contribution in [0.25, 0.3) is 0 Å². The fourth-order valence-electron chi connectivity index (χ4n) is 4.40. The van der Waals surface area contributed by atoms with Crippen LogP contribution in [0.5, 0.6) is 17.2 Å². The summed E-state index contributed by atoms with van der Waals surface area (Å²) in [4.78, 5) is 26.7. The van der Waals surface area contributed by atoms with Crippen molar-refractivity contribution in [1.29, 1.82) is 0 Å². The van der Waals surface area contributed by atoms with Crippen LogP contribution in [0.4, 0.5) is 22.2 Å². The van der Waals surface area contributed by atoms with E-state index < -0.39 is 6.09 Å². The van der Waals surface area contributed by atoms with Gasteiger partial charge in [-0.15, -0.1) is 0 Å². The van der Waals surface area contributed by atoms with Crippen molar-refractivity contribution in [3.63, 3.8) is 0 Å². The molecule has 1 amide bonds. The Bertz CT molecular complexity index is 1290. The summed E-state index contributed by atoms with van der Waals surface area (Å²) in [7, 11) is 5.26. The van der Waals surface area contributed by atoms with Crippen LogP contribution in [-0.2, 0) is 6.54 Å². The average Bonchev–Trinajstić information content (AvgIpc) is 2.94. The lowest BCUT2D eigenvalue weighted by Crippen LogP contribution is -2.44. The van der Waals surface area contributed by atoms with Gasteiger partial charge in [0.15, 0.2) is 11.5 Å². The number of rotatable bonds is 12. The van der Waals surface area contributed by atoms with Gasteiger partial charge in [-0.05, 0) is 37.2 Å². The predicted octanol–water partition coefficient (Wildman–Crippen LogP) is 4.59. The van der Waals surface area contributed by atoms with Crippen molar-refractivity contribution in [2.75, 3.05) is 70.8 Å². The number of carboxylic acid groups (broad SMARTS) is 1. The summed E-state index contributed by atoms with van der Waals surface area (Å²) in [5.41, 5.74) is 1.33. The van der Waals surface area contributed by atoms with E-state index in [1.165, 1.54) is 12.3 Å². The van der Waals surface area contributed by atoms with E-state index in [-0.39, 0.29) is 18.3 Å². The minimum atomic E-state index is -1.15. The van der Waals surface area contributed by atoms with Gasteiger partial charge in [0.05, 0.1) is 27.4 Å². The highest BCUT2D eigenvalue weighted by molar-refractivity contribution is 6.30. The van der Waals surface area contributed by atoms with Crippen molar-refractivity contribution < 1.29 is 24.1 Å². The first-order valence-electron chi connectivity index (χ1n) is 13.0. The smallest absolute Gasteiger partial charge is 0.413 e. The number of anilines is 3. The van der Waals surface area contributed by atoms with E-state index in [1.54, 1.807) is 50.6 Å². The lowest BCUT2D eigenvalue weighted by molar-refractivity contribution is 0.145. The number of carbonyl (C=O) groups is 1. The van der Waals surface area contributed by atoms with Crippen LogP contribution >= 0.6 is 11.6 Å². The van der Waals surface area contributed by atoms with Crippen molar-refractivity contribution in [3.8, 4) is 17.2 Å². The molecule has 0 radical (unpaired) electrons. The second-order valence-electron chi connectivity index (χ2n) is 9.42. The maximum atomic E-state index is 12.1. The SMILES string of the molecule is COc1cc(Nc2nccc(N(Cc3cccc(Cl)c3)C(=O)O)n2)cc(OCCCN2CCN(C)CC2)c1OC. The molecule has 214 valence electrons. The molecule has 40 heavy (non-hydrogen) atoms. The summed E-state index contributed by atoms with van der Waals surface area (Å²) in [5.74, 6) is 1.91. The maximum Gasteiger partial charge on any atom is 0.413 e. The maximum absolute atomic E-state index is 12.1. The van der Waals surface area contributed by atoms with Crippen molar-refractivity contribution in [1.82, 2.24) is 19.8 Å². The summed E-state index contributed by atoms with van der Waals surface area (Å²) >= 11 is 6.07. The Kier molecular flexibility index (Phi) is 10.2. The Balaban J connectivity index is 1.47. The van der Waals surface area contributed by atoms with Gasteiger partial charge in [-0.2, -0.15) is 4.98 Å². The molecule has 1 aliphatic heterocycles. The summed E-state index contributed by atoms with van der Waals surface area (Å²) in [6.07, 6.45) is 1.22. The molecule has 4 rings (SSSR count). The zero-order valence-corrected chi connectivity index (χ0v) is 23.7. The van der Waals surface area contributed by atoms with Gasteiger partial charge < -0.3 is 34.4 Å². The molecule has 12 heteroatoms. The molecule has 0 spiro atoms. The average molecular weight is 571 g/mol. The van der Waals surface area contributed by atoms with Crippen LogP contribution in [-0.4, -0.2) is 91.6 Å². The summed E-state index contributed by atoms with van der Waals surface area (Å²) in [5, 5.41) is 13.5. The molecule has 1 aliphatic rings. The first-order chi connectivity index (χ1) is 19.4. The van der Waals surface area contributed by atoms with Crippen molar-refractivity contribution in [3.05, 3.63) is 59.2 Å². The highest BCUT2D eigenvalue weighted by Gasteiger charge is 2.19. The Morgan fingerprint density at radius 2 is 1.88 bits per heavy atom. The second kappa shape index (κ2) is 14.0. The molecule has 0 unspecified atom stereocenters. The summed E-state index contributed by atoms with van der Waals surface area (Å²) < 4.78 is 17.2. The van der Waals surface area contributed by atoms with E-state index >= 15 is 0 Å². The van der Waals surface area contributed by atoms with E-state index in [9.17, 15) is 9.90 Å². The summed E-state index contributed by atoms with van der Waals surface area (Å²) in [6, 6.07) is 12.1. The molecule has 0 saturated carbocycles. The van der Waals surface area contributed by atoms with Crippen LogP contribution < -0.4 is 24.4 Å². The number of nitrogens with one attached hydrogen (secondary N) is 1. The molecule has 1 aromatic heterocycles. The molecule has 3 aromatic rings. The first-order valence-corrected chi connectivity index (χ1v) is 13.4. The lowest BCUT2D eigenvalue weighted by Gasteiger charge is -2.32. The number of likely N-dealkylation sites (N-methyl/N-ethyl adjacent to an activating group) is 1. The molecule has 1 saturated heterocycles. The third-order valence-corrected chi connectivity index (χ3v) is 6.79. The van der Waals surface area contributed by atoms with E-state index in [1.807, 2.05) is 0 Å². The zero-order chi connectivity index (χ0) is 28.5. The van der Waals surface area contributed by atoms with Gasteiger partial charge in [-0.3, -0.25) is 4.90 Å². The molecule has 11 nitrogen and oxygen atoms in total. The van der Waals surface area contributed by atoms with E-state index in [2.05, 4.69) is 32.1 Å². The van der Waals surface area contributed by atoms with Gasteiger partial charge in [0.1, 0.15) is 5.82 Å². The number of hydrogen-bond donors (Lipinski definition) is 2. The topological polar surface area (TPSA) is 113 Å². The number of nitrogens with zero attached hydrogens (tertiary/aromatic N) is 5. The summed E-state index contributed by atoms with van der Waals surface area (Å²) in [6.45, 7) is 5.82. The monoisotopic (exact) mass is 570 g/mol. The van der Waals surface area contributed by atoms with Crippen LogP contribution in [0.2, 0.25) is 5.02 Å². The zero-order valence-electron chi connectivity index (χ0n) is 23.0. The van der Waals surface area contributed by atoms with Crippen molar-refractivity contribution >= 4 is 35.1 Å². The molecule has 0 atom stereocenters. The quantitative estimate of drug-likeness (QED) is 0.300. The number of aromatic nitrogens is 2. The number of amides is 1. The van der Waals surface area contributed by atoms with Crippen LogP contribution in [0.3, 0.4) is 0 Å². The number of ether oxygens (including phenoxy) is 3. The number of piperazine rings is 1. The predicted molar refractivity (Wildman–Crippen MR) is 155 cm³/mol. The van der Waals surface area contributed by atoms with Crippen molar-refractivity contribution in [2.45, 2.75) is 13.0 Å². The van der Waals surface area contributed by atoms with E-state index in [0.717, 1.165) is 49.6 Å². The third kappa shape index (κ3) is 7.87. The highest BCUT2D eigenvalue weighted by Crippen LogP contribution is 2.40. The fourth-order valence-corrected chi connectivity index (χ4v) is 4.62. The van der Waals surface area contributed by atoms with Gasteiger partial charge in [0.2, 0.25) is 11.7 Å². The number of hydrogen-bond acceptors (Lipinski definition) is 9. The van der Waals surface area contributed by atoms with Crippen LogP contribution in [0.1, 0.15) is 12.0 Å². The van der Waals surface area contributed by atoms with Gasteiger partial charge >= 0.3 is 6.09 Å². The largest absolute Gasteiger partial charge is 0.493 e. The van der Waals surface area contributed by atoms with Crippen LogP contribution in [0.15, 0.2) is 48.7 Å². The van der Waals surface area contributed by atoms with Gasteiger partial charge in [0.25, 0.3) is 0 Å². The lowest BCUT2D eigenvalue weighted by atomic mass is 10.2. The molecule has 0 aliphatic carbocycles. The Hall–Kier alpha value is -3.80. The Morgan fingerprint density at radius 3 is 2.58 bits per heavy atom. The molecule has 1 fully saturated rings. The molecular weight excluding hydrogens is 536 g/mol. The number of halogens is 1. The Morgan fingerprint density at radius 1 is 1.10 bits per heavy atom. The Labute approximate surface area is 239 Å². The molecule has 2 aromatic carbocycles. The van der Waals surface area contributed by atoms with Crippen molar-refractivity contribution in [2.24, 2.45) is 0 Å². The number of benzene rings is 2. The molecule has 0 bridgehead atoms. The van der Waals surface area contributed by atoms with Gasteiger partial charge in [-0.1, -0.05) is 23.7 Å². The fraction of sp³-hybridized carbons (Fsp3) is 0.393. The second-order valence-corrected chi connectivity index (χ2v) is 9.86. The van der Waals surface area contributed by atoms with E-state index in [0.29, 0.717) is 34.6 Å². The molecular formula is C28H35ClN6O5. The molecule has 2 N–H and O–H groups in total. The van der Waals surface area contributed by atoms with Gasteiger partial charge in [0, 0.05) is 61.8 Å². The highest BCUT2D eigenvalue weighted by atomic mass is 35.5. The van der Waals surface area contributed by atoms with Gasteiger partial charge in [-0.25, -0.2) is 9.78 Å². The minimum Gasteiger partial charge on any atom is -0.493 e. The van der Waals surface area contributed by atoms with E-state index in [4.69, 9.17) is 25.8 Å². The minimum absolute atomic E-state index is 0.0782. The van der Waals surface area contributed by atoms with Crippen LogP contribution in [0, 0.1) is 0 Å². The first kappa shape index (κ1) is 29.2. The number of methoxy groups -OCH3 is 2. The normalized spacial score (nSPS) is 14.0. The molecule has 2 heterocycles.